The van der Waals surface area contributed by atoms with Crippen LogP contribution in [0.5, 0.6) is 0 Å². The van der Waals surface area contributed by atoms with Crippen molar-refractivity contribution in [1.29, 1.82) is 0 Å². The maximum Gasteiger partial charge on any atom is 0.268 e. The number of hydrogen-bond acceptors (Lipinski definition) is 3. The fourth-order valence-corrected chi connectivity index (χ4v) is 3.90. The van der Waals surface area contributed by atoms with Gasteiger partial charge in [0, 0.05) is 31.6 Å². The molecule has 22 heavy (non-hydrogen) atoms. The zero-order valence-corrected chi connectivity index (χ0v) is 12.1. The molecule has 114 valence electrons. The first-order chi connectivity index (χ1) is 10.7. The van der Waals surface area contributed by atoms with Gasteiger partial charge in [-0.25, -0.2) is 4.39 Å². The fraction of sp³-hybridized carbons (Fsp3) is 0.438. The van der Waals surface area contributed by atoms with E-state index in [0.29, 0.717) is 12.2 Å². The molecule has 0 saturated carbocycles. The third-order valence-electron chi connectivity index (χ3n) is 5.00. The molecular formula is C16H16FN3O2. The van der Waals surface area contributed by atoms with Gasteiger partial charge in [0.2, 0.25) is 0 Å². The second kappa shape index (κ2) is 4.01. The number of rotatable bonds is 1. The SMILES string of the molecule is O=C1NCCn2c1cc1cc(F)cc(N3CC4(COC4)C3)c12. The van der Waals surface area contributed by atoms with E-state index in [-0.39, 0.29) is 17.1 Å². The number of fused-ring (bicyclic) bond motifs is 3. The maximum atomic E-state index is 14.0. The molecule has 2 aromatic rings. The van der Waals surface area contributed by atoms with Gasteiger partial charge in [-0.3, -0.25) is 4.79 Å². The summed E-state index contributed by atoms with van der Waals surface area (Å²) in [6, 6.07) is 4.90. The third-order valence-corrected chi connectivity index (χ3v) is 5.00. The van der Waals surface area contributed by atoms with Crippen LogP contribution < -0.4 is 10.2 Å². The van der Waals surface area contributed by atoms with E-state index >= 15 is 0 Å². The Morgan fingerprint density at radius 1 is 1.23 bits per heavy atom. The molecule has 1 aromatic heterocycles. The summed E-state index contributed by atoms with van der Waals surface area (Å²) in [6.45, 7) is 4.75. The lowest BCUT2D eigenvalue weighted by Crippen LogP contribution is -2.66. The van der Waals surface area contributed by atoms with Crippen LogP contribution in [0.3, 0.4) is 0 Å². The van der Waals surface area contributed by atoms with Gasteiger partial charge in [0.15, 0.2) is 0 Å². The van der Waals surface area contributed by atoms with Gasteiger partial charge in [0.05, 0.1) is 29.8 Å². The molecule has 4 heterocycles. The van der Waals surface area contributed by atoms with Crippen LogP contribution in [0, 0.1) is 11.2 Å². The molecule has 1 amide bonds. The monoisotopic (exact) mass is 301 g/mol. The number of benzene rings is 1. The van der Waals surface area contributed by atoms with Crippen molar-refractivity contribution < 1.29 is 13.9 Å². The molecule has 0 radical (unpaired) electrons. The van der Waals surface area contributed by atoms with Gasteiger partial charge in [-0.05, 0) is 18.2 Å². The normalized spacial score (nSPS) is 22.2. The van der Waals surface area contributed by atoms with Gasteiger partial charge in [0.1, 0.15) is 11.5 Å². The van der Waals surface area contributed by atoms with Crippen LogP contribution in [-0.2, 0) is 11.3 Å². The highest BCUT2D eigenvalue weighted by atomic mass is 19.1. The molecule has 0 aliphatic carbocycles. The second-order valence-electron chi connectivity index (χ2n) is 6.65. The molecule has 1 aromatic carbocycles. The predicted octanol–water partition coefficient (Wildman–Crippen LogP) is 1.36. The van der Waals surface area contributed by atoms with Crippen LogP contribution in [0.15, 0.2) is 18.2 Å². The van der Waals surface area contributed by atoms with Crippen molar-refractivity contribution in [2.45, 2.75) is 6.54 Å². The van der Waals surface area contributed by atoms with E-state index in [1.807, 2.05) is 4.57 Å². The average molecular weight is 301 g/mol. The Balaban J connectivity index is 1.65. The maximum absolute atomic E-state index is 14.0. The molecule has 0 unspecified atom stereocenters. The number of ether oxygens (including phenoxy) is 1. The molecule has 2 saturated heterocycles. The van der Waals surface area contributed by atoms with Crippen molar-refractivity contribution in [3.05, 3.63) is 29.7 Å². The predicted molar refractivity (Wildman–Crippen MR) is 79.7 cm³/mol. The highest BCUT2D eigenvalue weighted by Crippen LogP contribution is 2.43. The average Bonchev–Trinajstić information content (AvgIpc) is 2.75. The number of anilines is 1. The summed E-state index contributed by atoms with van der Waals surface area (Å²) in [4.78, 5) is 14.2. The molecule has 5 nitrogen and oxygen atoms in total. The first kappa shape index (κ1) is 12.5. The first-order valence-electron chi connectivity index (χ1n) is 7.59. The van der Waals surface area contributed by atoms with Crippen molar-refractivity contribution >= 4 is 22.5 Å². The molecule has 1 N–H and O–H groups in total. The topological polar surface area (TPSA) is 46.5 Å². The number of aromatic nitrogens is 1. The second-order valence-corrected chi connectivity index (χ2v) is 6.65. The minimum absolute atomic E-state index is 0.0821. The lowest BCUT2D eigenvalue weighted by Gasteiger charge is -2.56. The first-order valence-corrected chi connectivity index (χ1v) is 7.59. The minimum Gasteiger partial charge on any atom is -0.380 e. The summed E-state index contributed by atoms with van der Waals surface area (Å²) >= 11 is 0. The highest BCUT2D eigenvalue weighted by molar-refractivity contribution is 6.03. The number of carbonyl (C=O) groups excluding carboxylic acids is 1. The molecule has 5 rings (SSSR count). The van der Waals surface area contributed by atoms with Crippen LogP contribution >= 0.6 is 0 Å². The van der Waals surface area contributed by atoms with Gasteiger partial charge in [-0.2, -0.15) is 0 Å². The van der Waals surface area contributed by atoms with Crippen LogP contribution in [0.25, 0.3) is 10.9 Å². The molecule has 1 spiro atoms. The van der Waals surface area contributed by atoms with E-state index in [0.717, 1.165) is 49.4 Å². The number of nitrogens with zero attached hydrogens (tertiary/aromatic N) is 2. The largest absolute Gasteiger partial charge is 0.380 e. The number of amides is 1. The van der Waals surface area contributed by atoms with E-state index < -0.39 is 0 Å². The third kappa shape index (κ3) is 1.53. The zero-order chi connectivity index (χ0) is 14.9. The molecule has 6 heteroatoms. The number of carbonyl (C=O) groups is 1. The zero-order valence-electron chi connectivity index (χ0n) is 12.1. The van der Waals surface area contributed by atoms with Crippen LogP contribution in [0.1, 0.15) is 10.5 Å². The van der Waals surface area contributed by atoms with Crippen LogP contribution in [0.4, 0.5) is 10.1 Å². The lowest BCUT2D eigenvalue weighted by molar-refractivity contribution is -0.126. The highest BCUT2D eigenvalue weighted by Gasteiger charge is 2.49. The van der Waals surface area contributed by atoms with E-state index in [1.165, 1.54) is 6.07 Å². The summed E-state index contributed by atoms with van der Waals surface area (Å²) in [5.41, 5.74) is 2.76. The standard InChI is InChI=1S/C16H16FN3O2/c17-11-3-10-4-13-15(21)18-1-2-20(13)14(10)12(5-11)19-6-16(7-19)8-22-9-16/h3-5H,1-2,6-9H2,(H,18,21). The summed E-state index contributed by atoms with van der Waals surface area (Å²) in [7, 11) is 0. The van der Waals surface area contributed by atoms with E-state index in [1.54, 1.807) is 12.1 Å². The van der Waals surface area contributed by atoms with Crippen molar-refractivity contribution in [1.82, 2.24) is 9.88 Å². The van der Waals surface area contributed by atoms with Crippen LogP contribution in [0.2, 0.25) is 0 Å². The Labute approximate surface area is 126 Å². The summed E-state index contributed by atoms with van der Waals surface area (Å²) in [5.74, 6) is -0.335. The molecule has 3 aliphatic heterocycles. The van der Waals surface area contributed by atoms with Gasteiger partial charge in [0.25, 0.3) is 5.91 Å². The smallest absolute Gasteiger partial charge is 0.268 e. The Hall–Kier alpha value is -2.08. The van der Waals surface area contributed by atoms with Gasteiger partial charge in [-0.1, -0.05) is 0 Å². The number of halogens is 1. The Kier molecular flexibility index (Phi) is 2.27. The molecule has 2 fully saturated rings. The van der Waals surface area contributed by atoms with Gasteiger partial charge in [-0.15, -0.1) is 0 Å². The van der Waals surface area contributed by atoms with Crippen molar-refractivity contribution in [3.63, 3.8) is 0 Å². The number of hydrogen-bond donors (Lipinski definition) is 1. The number of nitrogens with one attached hydrogen (secondary N) is 1. The quantitative estimate of drug-likeness (QED) is 0.865. The van der Waals surface area contributed by atoms with Crippen molar-refractivity contribution in [2.24, 2.45) is 5.41 Å². The fourth-order valence-electron chi connectivity index (χ4n) is 3.90. The lowest BCUT2D eigenvalue weighted by atomic mass is 9.77. The van der Waals surface area contributed by atoms with E-state index in [4.69, 9.17) is 4.74 Å². The van der Waals surface area contributed by atoms with E-state index in [9.17, 15) is 9.18 Å². The van der Waals surface area contributed by atoms with E-state index in [2.05, 4.69) is 10.2 Å². The van der Waals surface area contributed by atoms with Gasteiger partial charge >= 0.3 is 0 Å². The van der Waals surface area contributed by atoms with Gasteiger partial charge < -0.3 is 19.5 Å². The molecule has 3 aliphatic rings. The Morgan fingerprint density at radius 2 is 2.05 bits per heavy atom. The Bertz CT molecular complexity index is 801. The van der Waals surface area contributed by atoms with Crippen LogP contribution in [-0.4, -0.2) is 43.3 Å². The van der Waals surface area contributed by atoms with Crippen molar-refractivity contribution in [3.8, 4) is 0 Å². The molecular weight excluding hydrogens is 285 g/mol. The summed E-state index contributed by atoms with van der Waals surface area (Å²) < 4.78 is 21.3. The van der Waals surface area contributed by atoms with Crippen molar-refractivity contribution in [2.75, 3.05) is 37.7 Å². The molecule has 0 bridgehead atoms. The Morgan fingerprint density at radius 3 is 2.77 bits per heavy atom. The molecule has 0 atom stereocenters. The minimum atomic E-state index is -0.253. The summed E-state index contributed by atoms with van der Waals surface area (Å²) in [5, 5.41) is 3.64. The summed E-state index contributed by atoms with van der Waals surface area (Å²) in [6.07, 6.45) is 0.